The topological polar surface area (TPSA) is 90.7 Å². The molecule has 0 aromatic rings. The average Bonchev–Trinajstić information content (AvgIpc) is 2.28. The predicted octanol–water partition coefficient (Wildman–Crippen LogP) is 0.295. The van der Waals surface area contributed by atoms with E-state index in [1.165, 1.54) is 26.4 Å². The van der Waals surface area contributed by atoms with Crippen molar-refractivity contribution in [1.29, 1.82) is 0 Å². The largest absolute Gasteiger partial charge is 0.482 e. The lowest BCUT2D eigenvalue weighted by Crippen LogP contribution is -2.23. The summed E-state index contributed by atoms with van der Waals surface area (Å²) in [6.45, 7) is 0. The van der Waals surface area contributed by atoms with Crippen molar-refractivity contribution >= 4 is 5.97 Å². The quantitative estimate of drug-likeness (QED) is 0.322. The molecule has 86 valence electrons. The van der Waals surface area contributed by atoms with Gasteiger partial charge in [-0.15, -0.1) is 0 Å². The maximum atomic E-state index is 11.0. The standard InChI is InChI=1S/C9H10N2O5/c1-15-8-4-3-7(11(13)14)6(10-8)5-9(12)16-2/h3-5,10H,1-2H3. The summed E-state index contributed by atoms with van der Waals surface area (Å²) in [6, 6.07) is 0. The molecule has 1 aliphatic heterocycles. The van der Waals surface area contributed by atoms with Crippen molar-refractivity contribution in [3.8, 4) is 0 Å². The van der Waals surface area contributed by atoms with E-state index in [-0.39, 0.29) is 11.4 Å². The third-order valence-corrected chi connectivity index (χ3v) is 1.81. The lowest BCUT2D eigenvalue weighted by Gasteiger charge is -2.13. The summed E-state index contributed by atoms with van der Waals surface area (Å²) in [4.78, 5) is 21.1. The number of nitrogens with zero attached hydrogens (tertiary/aromatic N) is 1. The molecule has 0 amide bonds. The highest BCUT2D eigenvalue weighted by atomic mass is 16.6. The molecule has 0 unspecified atom stereocenters. The third-order valence-electron chi connectivity index (χ3n) is 1.81. The zero-order valence-corrected chi connectivity index (χ0v) is 8.72. The third kappa shape index (κ3) is 2.59. The number of hydrogen-bond acceptors (Lipinski definition) is 6. The Bertz CT molecular complexity index is 408. The van der Waals surface area contributed by atoms with Gasteiger partial charge in [0.2, 0.25) is 0 Å². The molecule has 7 heteroatoms. The van der Waals surface area contributed by atoms with Gasteiger partial charge >= 0.3 is 5.97 Å². The van der Waals surface area contributed by atoms with Crippen LogP contribution in [0.4, 0.5) is 0 Å². The average molecular weight is 226 g/mol. The van der Waals surface area contributed by atoms with Gasteiger partial charge in [-0.25, -0.2) is 4.79 Å². The van der Waals surface area contributed by atoms with Crippen LogP contribution in [0, 0.1) is 10.1 Å². The highest BCUT2D eigenvalue weighted by molar-refractivity contribution is 5.83. The van der Waals surface area contributed by atoms with Crippen molar-refractivity contribution < 1.29 is 19.2 Å². The van der Waals surface area contributed by atoms with Crippen LogP contribution in [0.3, 0.4) is 0 Å². The van der Waals surface area contributed by atoms with Crippen molar-refractivity contribution in [2.75, 3.05) is 14.2 Å². The Morgan fingerprint density at radius 1 is 1.50 bits per heavy atom. The molecule has 1 heterocycles. The summed E-state index contributed by atoms with van der Waals surface area (Å²) >= 11 is 0. The lowest BCUT2D eigenvalue weighted by molar-refractivity contribution is -0.421. The first kappa shape index (κ1) is 11.8. The van der Waals surface area contributed by atoms with Crippen molar-refractivity contribution in [2.24, 2.45) is 0 Å². The second-order valence-corrected chi connectivity index (χ2v) is 2.75. The zero-order valence-electron chi connectivity index (χ0n) is 8.72. The van der Waals surface area contributed by atoms with Crippen molar-refractivity contribution in [3.63, 3.8) is 0 Å². The van der Waals surface area contributed by atoms with Gasteiger partial charge in [-0.05, 0) is 0 Å². The van der Waals surface area contributed by atoms with Gasteiger partial charge in [0.25, 0.3) is 5.70 Å². The van der Waals surface area contributed by atoms with E-state index in [4.69, 9.17) is 4.74 Å². The van der Waals surface area contributed by atoms with Crippen LogP contribution in [0.25, 0.3) is 0 Å². The van der Waals surface area contributed by atoms with E-state index in [1.807, 2.05) is 0 Å². The maximum absolute atomic E-state index is 11.0. The minimum Gasteiger partial charge on any atom is -0.482 e. The fraction of sp³-hybridized carbons (Fsp3) is 0.222. The molecule has 0 atom stereocenters. The molecule has 0 aliphatic carbocycles. The number of carbonyl (C=O) groups is 1. The van der Waals surface area contributed by atoms with Gasteiger partial charge in [0.05, 0.1) is 25.2 Å². The second-order valence-electron chi connectivity index (χ2n) is 2.75. The summed E-state index contributed by atoms with van der Waals surface area (Å²) in [7, 11) is 2.59. The number of dihydropyridines is 1. The van der Waals surface area contributed by atoms with E-state index < -0.39 is 10.9 Å². The number of methoxy groups -OCH3 is 2. The lowest BCUT2D eigenvalue weighted by atomic mass is 10.2. The Kier molecular flexibility index (Phi) is 3.65. The van der Waals surface area contributed by atoms with Crippen LogP contribution < -0.4 is 5.32 Å². The predicted molar refractivity (Wildman–Crippen MR) is 53.4 cm³/mol. The molecule has 1 N–H and O–H groups in total. The van der Waals surface area contributed by atoms with E-state index in [0.29, 0.717) is 5.88 Å². The molecule has 0 saturated carbocycles. The molecule has 0 aromatic heterocycles. The fourth-order valence-corrected chi connectivity index (χ4v) is 1.05. The molecule has 7 nitrogen and oxygen atoms in total. The van der Waals surface area contributed by atoms with Crippen LogP contribution in [0.15, 0.2) is 35.5 Å². The van der Waals surface area contributed by atoms with Gasteiger partial charge in [-0.3, -0.25) is 10.1 Å². The molecule has 0 saturated heterocycles. The van der Waals surface area contributed by atoms with Gasteiger partial charge in [-0.2, -0.15) is 0 Å². The van der Waals surface area contributed by atoms with Crippen LogP contribution >= 0.6 is 0 Å². The molecule has 16 heavy (non-hydrogen) atoms. The minimum atomic E-state index is -0.687. The molecule has 0 aromatic carbocycles. The van der Waals surface area contributed by atoms with Crippen molar-refractivity contribution in [3.05, 3.63) is 45.6 Å². The van der Waals surface area contributed by atoms with Crippen LogP contribution in [-0.2, 0) is 14.3 Å². The Morgan fingerprint density at radius 3 is 2.69 bits per heavy atom. The number of ether oxygens (including phenoxy) is 2. The fourth-order valence-electron chi connectivity index (χ4n) is 1.05. The smallest absolute Gasteiger partial charge is 0.332 e. The van der Waals surface area contributed by atoms with Crippen LogP contribution in [0.1, 0.15) is 0 Å². The number of nitro groups is 1. The van der Waals surface area contributed by atoms with E-state index in [9.17, 15) is 14.9 Å². The van der Waals surface area contributed by atoms with Gasteiger partial charge in [0.1, 0.15) is 5.70 Å². The molecule has 1 aliphatic rings. The highest BCUT2D eigenvalue weighted by Gasteiger charge is 2.22. The Balaban J connectivity index is 3.05. The monoisotopic (exact) mass is 226 g/mol. The molecule has 0 fully saturated rings. The number of allylic oxidation sites excluding steroid dienone is 2. The van der Waals surface area contributed by atoms with E-state index >= 15 is 0 Å². The van der Waals surface area contributed by atoms with Crippen LogP contribution in [0.2, 0.25) is 0 Å². The van der Waals surface area contributed by atoms with Gasteiger partial charge in [-0.1, -0.05) is 0 Å². The first-order valence-electron chi connectivity index (χ1n) is 4.26. The number of esters is 1. The number of carbonyl (C=O) groups excluding carboxylic acids is 1. The first-order valence-corrected chi connectivity index (χ1v) is 4.26. The summed E-state index contributed by atoms with van der Waals surface area (Å²) in [5.41, 5.74) is -0.206. The van der Waals surface area contributed by atoms with E-state index in [0.717, 1.165) is 6.08 Å². The van der Waals surface area contributed by atoms with Gasteiger partial charge in [0, 0.05) is 12.2 Å². The number of hydrogen-bond donors (Lipinski definition) is 1. The van der Waals surface area contributed by atoms with Gasteiger partial charge in [0.15, 0.2) is 5.88 Å². The summed E-state index contributed by atoms with van der Waals surface area (Å²) in [5, 5.41) is 13.3. The highest BCUT2D eigenvalue weighted by Crippen LogP contribution is 2.15. The molecular weight excluding hydrogens is 216 g/mol. The summed E-state index contributed by atoms with van der Waals surface area (Å²) in [6.07, 6.45) is 3.62. The molecule has 0 bridgehead atoms. The molecular formula is C9H10N2O5. The Morgan fingerprint density at radius 2 is 2.19 bits per heavy atom. The number of rotatable bonds is 3. The second kappa shape index (κ2) is 4.96. The SMILES string of the molecule is COC(=O)C=C1NC(OC)=CC=C1[N+](=O)[O-]. The Labute approximate surface area is 91.2 Å². The van der Waals surface area contributed by atoms with E-state index in [1.54, 1.807) is 0 Å². The van der Waals surface area contributed by atoms with E-state index in [2.05, 4.69) is 10.1 Å². The maximum Gasteiger partial charge on any atom is 0.332 e. The van der Waals surface area contributed by atoms with Crippen molar-refractivity contribution in [2.45, 2.75) is 0 Å². The molecule has 0 spiro atoms. The molecule has 1 rings (SSSR count). The van der Waals surface area contributed by atoms with Crippen LogP contribution in [-0.4, -0.2) is 25.1 Å². The zero-order chi connectivity index (χ0) is 12.1. The first-order chi connectivity index (χ1) is 7.58. The Hall–Kier alpha value is -2.31. The molecule has 0 radical (unpaired) electrons. The summed E-state index contributed by atoms with van der Waals surface area (Å²) in [5.74, 6) is -0.381. The van der Waals surface area contributed by atoms with Crippen LogP contribution in [0.5, 0.6) is 0 Å². The normalized spacial score (nSPS) is 17.0. The van der Waals surface area contributed by atoms with Crippen molar-refractivity contribution in [1.82, 2.24) is 5.32 Å². The minimum absolute atomic E-state index is 0.0243. The number of nitrogens with one attached hydrogen (secondary N) is 1. The summed E-state index contributed by atoms with van der Waals surface area (Å²) < 4.78 is 9.24. The van der Waals surface area contributed by atoms with Gasteiger partial charge < -0.3 is 14.8 Å².